The van der Waals surface area contributed by atoms with E-state index in [1.54, 1.807) is 37.6 Å². The van der Waals surface area contributed by atoms with E-state index in [2.05, 4.69) is 15.3 Å². The van der Waals surface area contributed by atoms with Crippen molar-refractivity contribution in [2.24, 2.45) is 5.41 Å². The molecule has 1 aromatic heterocycles. The van der Waals surface area contributed by atoms with E-state index >= 15 is 0 Å². The highest BCUT2D eigenvalue weighted by atomic mass is 16.5. The topological polar surface area (TPSA) is 114 Å². The molecule has 1 unspecified atom stereocenters. The summed E-state index contributed by atoms with van der Waals surface area (Å²) >= 11 is 0. The average molecular weight is 373 g/mol. The predicted octanol–water partition coefficient (Wildman–Crippen LogP) is 0.796. The highest BCUT2D eigenvalue weighted by molar-refractivity contribution is 5.94. The van der Waals surface area contributed by atoms with E-state index in [-0.39, 0.29) is 19.1 Å². The number of amides is 1. The van der Waals surface area contributed by atoms with Crippen LogP contribution in [0.4, 0.5) is 0 Å². The van der Waals surface area contributed by atoms with Crippen molar-refractivity contribution in [2.45, 2.75) is 25.0 Å². The SMILES string of the molecule is COc1ccc(C(=O)NCC2(COc3cnccn3)C[C@@H](O)[C@@H](O)C2)cc1. The van der Waals surface area contributed by atoms with Crippen LogP contribution in [-0.2, 0) is 0 Å². The van der Waals surface area contributed by atoms with Crippen LogP contribution in [-0.4, -0.2) is 58.6 Å². The third kappa shape index (κ3) is 4.72. The molecule has 2 aromatic rings. The van der Waals surface area contributed by atoms with Gasteiger partial charge in [-0.2, -0.15) is 0 Å². The molecule has 3 rings (SSSR count). The van der Waals surface area contributed by atoms with Crippen molar-refractivity contribution >= 4 is 5.91 Å². The molecule has 1 saturated carbocycles. The fourth-order valence-electron chi connectivity index (χ4n) is 3.26. The number of carbonyl (C=O) groups excluding carboxylic acids is 1. The number of rotatable bonds is 7. The van der Waals surface area contributed by atoms with Crippen molar-refractivity contribution in [1.29, 1.82) is 0 Å². The Bertz CT molecular complexity index is 744. The monoisotopic (exact) mass is 373 g/mol. The smallest absolute Gasteiger partial charge is 0.251 e. The van der Waals surface area contributed by atoms with E-state index in [1.165, 1.54) is 12.4 Å². The van der Waals surface area contributed by atoms with Gasteiger partial charge in [0.15, 0.2) is 0 Å². The third-order valence-electron chi connectivity index (χ3n) is 4.77. The molecule has 0 aliphatic heterocycles. The molecule has 8 heteroatoms. The van der Waals surface area contributed by atoms with Crippen LogP contribution in [0.15, 0.2) is 42.9 Å². The van der Waals surface area contributed by atoms with Gasteiger partial charge < -0.3 is 25.0 Å². The molecule has 3 N–H and O–H groups in total. The number of hydrogen-bond donors (Lipinski definition) is 3. The molecule has 0 spiro atoms. The molecule has 1 aromatic carbocycles. The van der Waals surface area contributed by atoms with Crippen molar-refractivity contribution < 1.29 is 24.5 Å². The maximum Gasteiger partial charge on any atom is 0.251 e. The minimum atomic E-state index is -0.853. The molecule has 27 heavy (non-hydrogen) atoms. The Morgan fingerprint density at radius 2 is 1.93 bits per heavy atom. The Labute approximate surface area is 157 Å². The molecule has 0 bridgehead atoms. The van der Waals surface area contributed by atoms with Gasteiger partial charge in [0.05, 0.1) is 32.1 Å². The fourth-order valence-corrected chi connectivity index (χ4v) is 3.26. The zero-order chi connectivity index (χ0) is 19.3. The van der Waals surface area contributed by atoms with Crippen LogP contribution < -0.4 is 14.8 Å². The summed E-state index contributed by atoms with van der Waals surface area (Å²) in [7, 11) is 1.56. The molecule has 8 nitrogen and oxygen atoms in total. The lowest BCUT2D eigenvalue weighted by Gasteiger charge is -2.29. The summed E-state index contributed by atoms with van der Waals surface area (Å²) < 4.78 is 10.8. The Morgan fingerprint density at radius 1 is 1.22 bits per heavy atom. The van der Waals surface area contributed by atoms with Gasteiger partial charge in [-0.3, -0.25) is 9.78 Å². The van der Waals surface area contributed by atoms with Gasteiger partial charge in [0.1, 0.15) is 5.75 Å². The van der Waals surface area contributed by atoms with Gasteiger partial charge in [-0.25, -0.2) is 4.98 Å². The van der Waals surface area contributed by atoms with Crippen LogP contribution in [0.2, 0.25) is 0 Å². The number of aliphatic hydroxyl groups is 2. The molecule has 1 fully saturated rings. The Balaban J connectivity index is 1.65. The lowest BCUT2D eigenvalue weighted by atomic mass is 9.86. The quantitative estimate of drug-likeness (QED) is 0.658. The number of methoxy groups -OCH3 is 1. The Kier molecular flexibility index (Phi) is 5.88. The van der Waals surface area contributed by atoms with Gasteiger partial charge >= 0.3 is 0 Å². The van der Waals surface area contributed by atoms with Crippen molar-refractivity contribution in [2.75, 3.05) is 20.3 Å². The second-order valence-electron chi connectivity index (χ2n) is 6.79. The van der Waals surface area contributed by atoms with Gasteiger partial charge in [-0.1, -0.05) is 0 Å². The molecule has 1 heterocycles. The molecular formula is C19H23N3O5. The summed E-state index contributed by atoms with van der Waals surface area (Å²) in [5.41, 5.74) is -0.0988. The van der Waals surface area contributed by atoms with E-state index in [1.807, 2.05) is 0 Å². The number of aromatic nitrogens is 2. The predicted molar refractivity (Wildman–Crippen MR) is 96.5 cm³/mol. The van der Waals surface area contributed by atoms with Gasteiger partial charge in [0, 0.05) is 29.9 Å². The molecule has 3 atom stereocenters. The summed E-state index contributed by atoms with van der Waals surface area (Å²) in [4.78, 5) is 20.4. The van der Waals surface area contributed by atoms with Gasteiger partial charge in [0.25, 0.3) is 5.91 Å². The van der Waals surface area contributed by atoms with Gasteiger partial charge in [-0.15, -0.1) is 0 Å². The summed E-state index contributed by atoms with van der Waals surface area (Å²) in [6.45, 7) is 0.453. The third-order valence-corrected chi connectivity index (χ3v) is 4.77. The number of nitrogens with one attached hydrogen (secondary N) is 1. The summed E-state index contributed by atoms with van der Waals surface area (Å²) in [6, 6.07) is 6.78. The normalized spacial score (nSPS) is 24.4. The first-order valence-corrected chi connectivity index (χ1v) is 8.68. The van der Waals surface area contributed by atoms with Crippen LogP contribution in [0.25, 0.3) is 0 Å². The first-order chi connectivity index (χ1) is 13.0. The largest absolute Gasteiger partial charge is 0.497 e. The molecule has 1 amide bonds. The van der Waals surface area contributed by atoms with Crippen LogP contribution in [0.1, 0.15) is 23.2 Å². The number of aliphatic hydroxyl groups excluding tert-OH is 2. The lowest BCUT2D eigenvalue weighted by Crippen LogP contribution is -2.40. The summed E-state index contributed by atoms with van der Waals surface area (Å²) in [5, 5.41) is 22.9. The van der Waals surface area contributed by atoms with E-state index in [0.29, 0.717) is 30.0 Å². The standard InChI is InChI=1S/C19H23N3O5/c1-26-14-4-2-13(3-5-14)18(25)22-11-19(8-15(23)16(24)9-19)12-27-17-10-20-6-7-21-17/h2-7,10,15-16,23-24H,8-9,11-12H2,1H3,(H,22,25)/t15-,16+,19?. The second kappa shape index (κ2) is 8.32. The van der Waals surface area contributed by atoms with Crippen LogP contribution >= 0.6 is 0 Å². The van der Waals surface area contributed by atoms with Crippen LogP contribution in [0, 0.1) is 5.41 Å². The van der Waals surface area contributed by atoms with E-state index < -0.39 is 17.6 Å². The highest BCUT2D eigenvalue weighted by Gasteiger charge is 2.45. The molecule has 1 aliphatic rings. The van der Waals surface area contributed by atoms with E-state index in [4.69, 9.17) is 9.47 Å². The summed E-state index contributed by atoms with van der Waals surface area (Å²) in [5.74, 6) is 0.782. The molecular weight excluding hydrogens is 350 g/mol. The molecule has 0 saturated heterocycles. The van der Waals surface area contributed by atoms with Crippen molar-refractivity contribution in [3.63, 3.8) is 0 Å². The lowest BCUT2D eigenvalue weighted by molar-refractivity contribution is 0.0438. The van der Waals surface area contributed by atoms with Crippen LogP contribution in [0.3, 0.4) is 0 Å². The number of ether oxygens (including phenoxy) is 2. The minimum Gasteiger partial charge on any atom is -0.497 e. The first kappa shape index (κ1) is 19.1. The van der Waals surface area contributed by atoms with Crippen molar-refractivity contribution in [1.82, 2.24) is 15.3 Å². The summed E-state index contributed by atoms with van der Waals surface area (Å²) in [6.07, 6.45) is 3.48. The number of nitrogens with zero attached hydrogens (tertiary/aromatic N) is 2. The maximum atomic E-state index is 12.4. The van der Waals surface area contributed by atoms with Crippen LogP contribution in [0.5, 0.6) is 11.6 Å². The zero-order valence-corrected chi connectivity index (χ0v) is 15.0. The van der Waals surface area contributed by atoms with Crippen molar-refractivity contribution in [3.05, 3.63) is 48.4 Å². The number of hydrogen-bond acceptors (Lipinski definition) is 7. The molecule has 1 aliphatic carbocycles. The van der Waals surface area contributed by atoms with Gasteiger partial charge in [0.2, 0.25) is 5.88 Å². The molecule has 144 valence electrons. The fraction of sp³-hybridized carbons (Fsp3) is 0.421. The average Bonchev–Trinajstić information content (AvgIpc) is 2.99. The minimum absolute atomic E-state index is 0.197. The van der Waals surface area contributed by atoms with E-state index in [0.717, 1.165) is 0 Å². The number of carbonyl (C=O) groups is 1. The maximum absolute atomic E-state index is 12.4. The Morgan fingerprint density at radius 3 is 2.52 bits per heavy atom. The Hall–Kier alpha value is -2.71. The van der Waals surface area contributed by atoms with E-state index in [9.17, 15) is 15.0 Å². The highest BCUT2D eigenvalue weighted by Crippen LogP contribution is 2.38. The zero-order valence-electron chi connectivity index (χ0n) is 15.0. The first-order valence-electron chi connectivity index (χ1n) is 8.68. The van der Waals surface area contributed by atoms with Crippen molar-refractivity contribution in [3.8, 4) is 11.6 Å². The second-order valence-corrected chi connectivity index (χ2v) is 6.79. The van der Waals surface area contributed by atoms with Gasteiger partial charge in [-0.05, 0) is 37.1 Å². The molecule has 0 radical (unpaired) electrons. The number of benzene rings is 1.